The first kappa shape index (κ1) is 19.2. The van der Waals surface area contributed by atoms with Crippen molar-refractivity contribution in [2.45, 2.75) is 46.2 Å². The molecule has 0 spiro atoms. The predicted molar refractivity (Wildman–Crippen MR) is 101 cm³/mol. The summed E-state index contributed by atoms with van der Waals surface area (Å²) in [5.41, 5.74) is 8.47. The molecule has 3 rings (SSSR count). The summed E-state index contributed by atoms with van der Waals surface area (Å²) in [6.45, 7) is 8.06. The van der Waals surface area contributed by atoms with Crippen LogP contribution in [0.1, 0.15) is 48.4 Å². The largest absolute Gasteiger partial charge is 0.490 e. The Bertz CT molecular complexity index is 783. The number of hydrogen-bond donors (Lipinski definition) is 1. The molecular formula is C20H27N3O4. The molecule has 0 aliphatic carbocycles. The third kappa shape index (κ3) is 4.42. The summed E-state index contributed by atoms with van der Waals surface area (Å²) < 4.78 is 16.5. The van der Waals surface area contributed by atoms with Gasteiger partial charge in [-0.3, -0.25) is 9.69 Å². The number of benzene rings is 1. The van der Waals surface area contributed by atoms with E-state index < -0.39 is 5.91 Å². The zero-order chi connectivity index (χ0) is 19.4. The molecule has 1 aromatic heterocycles. The molecule has 27 heavy (non-hydrogen) atoms. The molecule has 7 heteroatoms. The molecule has 1 saturated heterocycles. The topological polar surface area (TPSA) is 90.8 Å². The maximum absolute atomic E-state index is 11.0. The quantitative estimate of drug-likeness (QED) is 0.765. The summed E-state index contributed by atoms with van der Waals surface area (Å²) in [5, 5.41) is 4.11. The molecule has 1 aromatic carbocycles. The normalized spacial score (nSPS) is 17.2. The van der Waals surface area contributed by atoms with Gasteiger partial charge in [-0.25, -0.2) is 0 Å². The third-order valence-corrected chi connectivity index (χ3v) is 4.85. The molecule has 146 valence electrons. The fraction of sp³-hybridized carbons (Fsp3) is 0.500. The number of rotatable bonds is 8. The van der Waals surface area contributed by atoms with Crippen LogP contribution in [-0.4, -0.2) is 35.7 Å². The van der Waals surface area contributed by atoms with E-state index in [1.807, 2.05) is 39.0 Å². The Kier molecular flexibility index (Phi) is 6.01. The second-order valence-electron chi connectivity index (χ2n) is 6.84. The van der Waals surface area contributed by atoms with Crippen molar-refractivity contribution in [1.29, 1.82) is 0 Å². The van der Waals surface area contributed by atoms with Crippen LogP contribution in [0.25, 0.3) is 0 Å². The third-order valence-electron chi connectivity index (χ3n) is 4.85. The molecule has 0 radical (unpaired) electrons. The summed E-state index contributed by atoms with van der Waals surface area (Å²) in [5.74, 6) is 1.54. The number of carbonyl (C=O) groups is 1. The van der Waals surface area contributed by atoms with E-state index in [2.05, 4.69) is 10.1 Å². The van der Waals surface area contributed by atoms with Crippen LogP contribution >= 0.6 is 0 Å². The molecule has 0 saturated carbocycles. The predicted octanol–water partition coefficient (Wildman–Crippen LogP) is 2.89. The lowest BCUT2D eigenvalue weighted by atomic mass is 10.0. The summed E-state index contributed by atoms with van der Waals surface area (Å²) in [7, 11) is 0. The number of primary amides is 1. The minimum absolute atomic E-state index is 0.167. The van der Waals surface area contributed by atoms with Crippen LogP contribution in [0.3, 0.4) is 0 Å². The van der Waals surface area contributed by atoms with Gasteiger partial charge in [0.2, 0.25) is 0 Å². The number of ether oxygens (including phenoxy) is 2. The Morgan fingerprint density at radius 1 is 1.33 bits per heavy atom. The number of amides is 1. The Labute approximate surface area is 159 Å². The highest BCUT2D eigenvalue weighted by atomic mass is 16.5. The van der Waals surface area contributed by atoms with Crippen molar-refractivity contribution in [2.75, 3.05) is 19.8 Å². The lowest BCUT2D eigenvalue weighted by molar-refractivity contribution is -0.119. The smallest absolute Gasteiger partial charge is 0.255 e. The highest BCUT2D eigenvalue weighted by molar-refractivity contribution is 5.75. The van der Waals surface area contributed by atoms with Gasteiger partial charge in [0.25, 0.3) is 5.91 Å². The number of aryl methyl sites for hydroxylation is 2. The van der Waals surface area contributed by atoms with Crippen molar-refractivity contribution in [3.05, 3.63) is 40.8 Å². The van der Waals surface area contributed by atoms with Crippen LogP contribution in [0, 0.1) is 13.8 Å². The molecule has 1 fully saturated rings. The number of aromatic nitrogens is 1. The molecule has 2 N–H and O–H groups in total. The van der Waals surface area contributed by atoms with Gasteiger partial charge in [0.1, 0.15) is 5.76 Å². The average molecular weight is 373 g/mol. The second-order valence-corrected chi connectivity index (χ2v) is 6.84. The van der Waals surface area contributed by atoms with E-state index in [1.165, 1.54) is 5.56 Å². The molecular weight excluding hydrogens is 346 g/mol. The minimum atomic E-state index is -0.513. The van der Waals surface area contributed by atoms with Gasteiger partial charge in [0.15, 0.2) is 18.1 Å². The summed E-state index contributed by atoms with van der Waals surface area (Å²) in [4.78, 5) is 13.4. The van der Waals surface area contributed by atoms with Crippen molar-refractivity contribution < 1.29 is 18.8 Å². The molecule has 1 atom stereocenters. The molecule has 0 unspecified atom stereocenters. The molecule has 0 bridgehead atoms. The monoisotopic (exact) mass is 373 g/mol. The van der Waals surface area contributed by atoms with Crippen LogP contribution < -0.4 is 15.2 Å². The van der Waals surface area contributed by atoms with Crippen LogP contribution in [0.2, 0.25) is 0 Å². The van der Waals surface area contributed by atoms with Crippen LogP contribution in [0.4, 0.5) is 0 Å². The average Bonchev–Trinajstić information content (AvgIpc) is 3.20. The first-order valence-electron chi connectivity index (χ1n) is 9.33. The SMILES string of the molecule is CCOc1cc(CN2CCC[C@H]2c2c(C)noc2C)ccc1OCC(N)=O. The Morgan fingerprint density at radius 2 is 2.15 bits per heavy atom. The Hall–Kier alpha value is -2.54. The van der Waals surface area contributed by atoms with E-state index in [1.54, 1.807) is 0 Å². The van der Waals surface area contributed by atoms with Crippen molar-refractivity contribution in [2.24, 2.45) is 5.73 Å². The van der Waals surface area contributed by atoms with Gasteiger partial charge < -0.3 is 19.7 Å². The first-order chi connectivity index (χ1) is 13.0. The van der Waals surface area contributed by atoms with E-state index in [4.69, 9.17) is 19.7 Å². The van der Waals surface area contributed by atoms with Gasteiger partial charge in [-0.1, -0.05) is 11.2 Å². The lowest BCUT2D eigenvalue weighted by Gasteiger charge is -2.25. The Morgan fingerprint density at radius 3 is 2.81 bits per heavy atom. The van der Waals surface area contributed by atoms with Crippen LogP contribution in [0.5, 0.6) is 11.5 Å². The van der Waals surface area contributed by atoms with E-state index in [0.717, 1.165) is 42.9 Å². The van der Waals surface area contributed by atoms with Crippen LogP contribution in [0.15, 0.2) is 22.7 Å². The number of hydrogen-bond acceptors (Lipinski definition) is 6. The van der Waals surface area contributed by atoms with Crippen LogP contribution in [-0.2, 0) is 11.3 Å². The highest BCUT2D eigenvalue weighted by Crippen LogP contribution is 2.37. The van der Waals surface area contributed by atoms with Crippen molar-refractivity contribution in [3.8, 4) is 11.5 Å². The van der Waals surface area contributed by atoms with Gasteiger partial charge in [-0.15, -0.1) is 0 Å². The van der Waals surface area contributed by atoms with E-state index in [9.17, 15) is 4.79 Å². The molecule has 7 nitrogen and oxygen atoms in total. The van der Waals surface area contributed by atoms with Crippen molar-refractivity contribution in [3.63, 3.8) is 0 Å². The van der Waals surface area contributed by atoms with E-state index in [0.29, 0.717) is 24.1 Å². The van der Waals surface area contributed by atoms with E-state index >= 15 is 0 Å². The number of carbonyl (C=O) groups excluding carboxylic acids is 1. The van der Waals surface area contributed by atoms with Gasteiger partial charge in [-0.05, 0) is 57.9 Å². The molecule has 2 aromatic rings. The van der Waals surface area contributed by atoms with Gasteiger partial charge in [0, 0.05) is 18.2 Å². The Balaban J connectivity index is 1.78. The minimum Gasteiger partial charge on any atom is -0.490 e. The molecule has 1 aliphatic rings. The molecule has 1 amide bonds. The summed E-state index contributed by atoms with van der Waals surface area (Å²) >= 11 is 0. The van der Waals surface area contributed by atoms with E-state index in [-0.39, 0.29) is 6.61 Å². The maximum Gasteiger partial charge on any atom is 0.255 e. The number of nitrogens with two attached hydrogens (primary N) is 1. The van der Waals surface area contributed by atoms with Gasteiger partial charge >= 0.3 is 0 Å². The maximum atomic E-state index is 11.0. The highest BCUT2D eigenvalue weighted by Gasteiger charge is 2.30. The summed E-state index contributed by atoms with van der Waals surface area (Å²) in [6, 6.07) is 6.13. The molecule has 1 aliphatic heterocycles. The second kappa shape index (κ2) is 8.43. The zero-order valence-electron chi connectivity index (χ0n) is 16.2. The standard InChI is InChI=1S/C20H27N3O4/c1-4-25-18-10-15(7-8-17(18)26-12-19(21)24)11-23-9-5-6-16(23)20-13(2)22-27-14(20)3/h7-8,10,16H,4-6,9,11-12H2,1-3H3,(H2,21,24)/t16-/m0/s1. The zero-order valence-corrected chi connectivity index (χ0v) is 16.2. The van der Waals surface area contributed by atoms with Crippen molar-refractivity contribution in [1.82, 2.24) is 10.1 Å². The fourth-order valence-electron chi connectivity index (χ4n) is 3.73. The van der Waals surface area contributed by atoms with Gasteiger partial charge in [-0.2, -0.15) is 0 Å². The first-order valence-corrected chi connectivity index (χ1v) is 9.33. The van der Waals surface area contributed by atoms with Crippen molar-refractivity contribution >= 4 is 5.91 Å². The lowest BCUT2D eigenvalue weighted by Crippen LogP contribution is -2.23. The summed E-state index contributed by atoms with van der Waals surface area (Å²) in [6.07, 6.45) is 2.24. The fourth-order valence-corrected chi connectivity index (χ4v) is 3.73. The number of nitrogens with zero attached hydrogens (tertiary/aromatic N) is 2. The van der Waals surface area contributed by atoms with Gasteiger partial charge in [0.05, 0.1) is 12.3 Å². The molecule has 2 heterocycles. The number of likely N-dealkylation sites (tertiary alicyclic amines) is 1.